The molecule has 4 nitrogen and oxygen atoms in total. The molecular formula is C13H16F2N2O2. The molecule has 1 amide bonds. The van der Waals surface area contributed by atoms with Crippen molar-refractivity contribution in [2.24, 2.45) is 0 Å². The topological polar surface area (TPSA) is 52.6 Å². The molecule has 1 aromatic carbocycles. The lowest BCUT2D eigenvalue weighted by molar-refractivity contribution is -0.117. The molecule has 0 aliphatic carbocycles. The molecule has 1 heterocycles. The summed E-state index contributed by atoms with van der Waals surface area (Å²) in [6, 6.07) is 3.23. The summed E-state index contributed by atoms with van der Waals surface area (Å²) in [4.78, 5) is 13.7. The van der Waals surface area contributed by atoms with Gasteiger partial charge >= 0.3 is 0 Å². The average Bonchev–Trinajstić information content (AvgIpc) is 2.81. The molecule has 19 heavy (non-hydrogen) atoms. The minimum Gasteiger partial charge on any atom is -0.395 e. The predicted molar refractivity (Wildman–Crippen MR) is 66.7 cm³/mol. The van der Waals surface area contributed by atoms with Gasteiger partial charge < -0.3 is 10.4 Å². The number of hydrogen-bond donors (Lipinski definition) is 2. The number of aliphatic hydroxyl groups is 1. The SMILES string of the molecule is O=C(CN1CCC[C@H]1CO)Nc1ccc(F)c(F)c1. The molecule has 2 N–H and O–H groups in total. The first-order valence-electron chi connectivity index (χ1n) is 6.20. The summed E-state index contributed by atoms with van der Waals surface area (Å²) in [5.74, 6) is -2.24. The average molecular weight is 270 g/mol. The Morgan fingerprint density at radius 1 is 1.42 bits per heavy atom. The maximum absolute atomic E-state index is 13.0. The second-order valence-corrected chi connectivity index (χ2v) is 4.63. The van der Waals surface area contributed by atoms with Crippen molar-refractivity contribution in [1.82, 2.24) is 4.90 Å². The van der Waals surface area contributed by atoms with E-state index in [9.17, 15) is 13.6 Å². The van der Waals surface area contributed by atoms with E-state index in [4.69, 9.17) is 5.11 Å². The molecule has 6 heteroatoms. The molecule has 0 unspecified atom stereocenters. The quantitative estimate of drug-likeness (QED) is 0.868. The summed E-state index contributed by atoms with van der Waals surface area (Å²) in [7, 11) is 0. The Hall–Kier alpha value is -1.53. The van der Waals surface area contributed by atoms with Gasteiger partial charge in [-0.25, -0.2) is 8.78 Å². The predicted octanol–water partition coefficient (Wildman–Crippen LogP) is 1.36. The van der Waals surface area contributed by atoms with Gasteiger partial charge in [0.1, 0.15) is 0 Å². The first-order valence-corrected chi connectivity index (χ1v) is 6.20. The van der Waals surface area contributed by atoms with Gasteiger partial charge in [-0.05, 0) is 31.5 Å². The molecule has 1 saturated heterocycles. The zero-order valence-corrected chi connectivity index (χ0v) is 10.4. The van der Waals surface area contributed by atoms with E-state index in [2.05, 4.69) is 5.32 Å². The van der Waals surface area contributed by atoms with E-state index in [1.54, 1.807) is 0 Å². The second kappa shape index (κ2) is 6.08. The molecule has 0 aromatic heterocycles. The Morgan fingerprint density at radius 3 is 2.89 bits per heavy atom. The summed E-state index contributed by atoms with van der Waals surface area (Å²) < 4.78 is 25.7. The minimum absolute atomic E-state index is 0.00991. The largest absolute Gasteiger partial charge is 0.395 e. The number of amides is 1. The first kappa shape index (κ1) is 13.9. The van der Waals surface area contributed by atoms with Crippen LogP contribution < -0.4 is 5.32 Å². The number of rotatable bonds is 4. The summed E-state index contributed by atoms with van der Waals surface area (Å²) in [6.07, 6.45) is 1.82. The highest BCUT2D eigenvalue weighted by Crippen LogP contribution is 2.17. The molecule has 1 aromatic rings. The highest BCUT2D eigenvalue weighted by molar-refractivity contribution is 5.92. The smallest absolute Gasteiger partial charge is 0.238 e. The molecule has 1 aliphatic rings. The molecule has 0 spiro atoms. The van der Waals surface area contributed by atoms with Crippen LogP contribution in [0.1, 0.15) is 12.8 Å². The molecular weight excluding hydrogens is 254 g/mol. The van der Waals surface area contributed by atoms with E-state index in [1.165, 1.54) is 6.07 Å². The van der Waals surface area contributed by atoms with E-state index in [-0.39, 0.29) is 30.8 Å². The summed E-state index contributed by atoms with van der Waals surface area (Å²) in [5, 5.41) is 11.7. The number of carbonyl (C=O) groups is 1. The number of hydrogen-bond acceptors (Lipinski definition) is 3. The lowest BCUT2D eigenvalue weighted by atomic mass is 10.2. The number of halogens is 2. The lowest BCUT2D eigenvalue weighted by Crippen LogP contribution is -2.38. The van der Waals surface area contributed by atoms with Crippen LogP contribution in [0.15, 0.2) is 18.2 Å². The number of likely N-dealkylation sites (tertiary alicyclic amines) is 1. The van der Waals surface area contributed by atoms with E-state index >= 15 is 0 Å². The van der Waals surface area contributed by atoms with E-state index in [0.29, 0.717) is 0 Å². The van der Waals surface area contributed by atoms with Gasteiger partial charge in [0.05, 0.1) is 13.2 Å². The van der Waals surface area contributed by atoms with Gasteiger partial charge in [-0.3, -0.25) is 9.69 Å². The van der Waals surface area contributed by atoms with Crippen LogP contribution in [0.4, 0.5) is 14.5 Å². The van der Waals surface area contributed by atoms with Crippen molar-refractivity contribution in [3.8, 4) is 0 Å². The van der Waals surface area contributed by atoms with Crippen LogP contribution in [0.3, 0.4) is 0 Å². The maximum atomic E-state index is 13.0. The third-order valence-electron chi connectivity index (χ3n) is 3.26. The van der Waals surface area contributed by atoms with Crippen molar-refractivity contribution in [1.29, 1.82) is 0 Å². The van der Waals surface area contributed by atoms with Crippen molar-refractivity contribution in [3.05, 3.63) is 29.8 Å². The van der Waals surface area contributed by atoms with Crippen molar-refractivity contribution in [2.45, 2.75) is 18.9 Å². The van der Waals surface area contributed by atoms with Gasteiger partial charge in [-0.15, -0.1) is 0 Å². The zero-order chi connectivity index (χ0) is 13.8. The molecule has 1 atom stereocenters. The Labute approximate surface area is 110 Å². The number of benzene rings is 1. The molecule has 0 saturated carbocycles. The van der Waals surface area contributed by atoms with E-state index in [0.717, 1.165) is 31.5 Å². The van der Waals surface area contributed by atoms with Crippen molar-refractivity contribution in [3.63, 3.8) is 0 Å². The second-order valence-electron chi connectivity index (χ2n) is 4.63. The number of anilines is 1. The highest BCUT2D eigenvalue weighted by atomic mass is 19.2. The molecule has 1 aliphatic heterocycles. The lowest BCUT2D eigenvalue weighted by Gasteiger charge is -2.21. The van der Waals surface area contributed by atoms with Gasteiger partial charge in [0.25, 0.3) is 0 Å². The third-order valence-corrected chi connectivity index (χ3v) is 3.26. The molecule has 2 rings (SSSR count). The zero-order valence-electron chi connectivity index (χ0n) is 10.4. The Kier molecular flexibility index (Phi) is 4.44. The van der Waals surface area contributed by atoms with E-state index < -0.39 is 11.6 Å². The van der Waals surface area contributed by atoms with Crippen molar-refractivity contribution >= 4 is 11.6 Å². The standard InChI is InChI=1S/C13H16F2N2O2/c14-11-4-3-9(6-12(11)15)16-13(19)7-17-5-1-2-10(17)8-18/h3-4,6,10,18H,1-2,5,7-8H2,(H,16,19)/t10-/m0/s1. The molecule has 0 radical (unpaired) electrons. The molecule has 0 bridgehead atoms. The number of aliphatic hydroxyl groups excluding tert-OH is 1. The molecule has 1 fully saturated rings. The van der Waals surface area contributed by atoms with Crippen LogP contribution >= 0.6 is 0 Å². The van der Waals surface area contributed by atoms with Crippen LogP contribution in [0.5, 0.6) is 0 Å². The van der Waals surface area contributed by atoms with Gasteiger partial charge in [0, 0.05) is 17.8 Å². The fourth-order valence-electron chi connectivity index (χ4n) is 2.27. The number of carbonyl (C=O) groups excluding carboxylic acids is 1. The normalized spacial score (nSPS) is 19.6. The Bertz CT molecular complexity index is 468. The van der Waals surface area contributed by atoms with Crippen LogP contribution in [0.25, 0.3) is 0 Å². The summed E-state index contributed by atoms with van der Waals surface area (Å²) in [6.45, 7) is 0.930. The summed E-state index contributed by atoms with van der Waals surface area (Å²) in [5.41, 5.74) is 0.226. The van der Waals surface area contributed by atoms with Crippen molar-refractivity contribution < 1.29 is 18.7 Å². The number of nitrogens with zero attached hydrogens (tertiary/aromatic N) is 1. The Morgan fingerprint density at radius 2 is 2.21 bits per heavy atom. The first-order chi connectivity index (χ1) is 9.10. The fraction of sp³-hybridized carbons (Fsp3) is 0.462. The fourth-order valence-corrected chi connectivity index (χ4v) is 2.27. The van der Waals surface area contributed by atoms with Gasteiger partial charge in [0.2, 0.25) is 5.91 Å². The third kappa shape index (κ3) is 3.48. The van der Waals surface area contributed by atoms with Crippen LogP contribution in [-0.4, -0.2) is 41.7 Å². The monoisotopic (exact) mass is 270 g/mol. The summed E-state index contributed by atoms with van der Waals surface area (Å²) >= 11 is 0. The minimum atomic E-state index is -0.993. The van der Waals surface area contributed by atoms with Gasteiger partial charge in [-0.1, -0.05) is 0 Å². The Balaban J connectivity index is 1.92. The van der Waals surface area contributed by atoms with E-state index in [1.807, 2.05) is 4.90 Å². The van der Waals surface area contributed by atoms with Gasteiger partial charge in [0.15, 0.2) is 11.6 Å². The molecule has 104 valence electrons. The van der Waals surface area contributed by atoms with Crippen molar-refractivity contribution in [2.75, 3.05) is 25.0 Å². The van der Waals surface area contributed by atoms with Crippen LogP contribution in [-0.2, 0) is 4.79 Å². The van der Waals surface area contributed by atoms with Crippen LogP contribution in [0, 0.1) is 11.6 Å². The maximum Gasteiger partial charge on any atom is 0.238 e. The van der Waals surface area contributed by atoms with Crippen LogP contribution in [0.2, 0.25) is 0 Å². The highest BCUT2D eigenvalue weighted by Gasteiger charge is 2.25. The number of nitrogens with one attached hydrogen (secondary N) is 1. The van der Waals surface area contributed by atoms with Gasteiger partial charge in [-0.2, -0.15) is 0 Å².